The molecule has 1 saturated heterocycles. The van der Waals surface area contributed by atoms with Crippen LogP contribution in [0.5, 0.6) is 0 Å². The number of rotatable bonds is 7. The van der Waals surface area contributed by atoms with E-state index >= 15 is 0 Å². The van der Waals surface area contributed by atoms with Gasteiger partial charge >= 0.3 is 0 Å². The highest BCUT2D eigenvalue weighted by molar-refractivity contribution is 7.92. The summed E-state index contributed by atoms with van der Waals surface area (Å²) in [6, 6.07) is 10.7. The summed E-state index contributed by atoms with van der Waals surface area (Å²) in [5, 5.41) is 2.95. The molecule has 7 nitrogen and oxygen atoms in total. The maximum Gasteiger partial charge on any atom is 0.261 e. The highest BCUT2D eigenvalue weighted by atomic mass is 32.2. The van der Waals surface area contributed by atoms with E-state index in [0.717, 1.165) is 12.1 Å². The van der Waals surface area contributed by atoms with E-state index in [1.807, 2.05) is 13.8 Å². The molecule has 2 amide bonds. The molecule has 1 heterocycles. The van der Waals surface area contributed by atoms with Crippen molar-refractivity contribution in [3.8, 4) is 0 Å². The molecule has 0 saturated carbocycles. The van der Waals surface area contributed by atoms with E-state index in [-0.39, 0.29) is 22.6 Å². The average Bonchev–Trinajstić information content (AvgIpc) is 2.77. The molecule has 2 N–H and O–H groups in total. The molecule has 0 bridgehead atoms. The summed E-state index contributed by atoms with van der Waals surface area (Å²) in [4.78, 5) is 26.7. The fourth-order valence-electron chi connectivity index (χ4n) is 3.49. The fourth-order valence-corrected chi connectivity index (χ4v) is 4.54. The minimum absolute atomic E-state index is 0.0450. The van der Waals surface area contributed by atoms with Crippen molar-refractivity contribution in [3.05, 3.63) is 59.9 Å². The summed E-state index contributed by atoms with van der Waals surface area (Å²) in [6.07, 6.45) is 1.23. The summed E-state index contributed by atoms with van der Waals surface area (Å²) in [5.74, 6) is -0.320. The molecule has 0 aliphatic carbocycles. The number of amides is 2. The molecule has 2 aromatic carbocycles. The van der Waals surface area contributed by atoms with Gasteiger partial charge in [0.2, 0.25) is 5.91 Å². The second kappa shape index (κ2) is 10.1. The number of benzene rings is 2. The molecule has 1 aliphatic rings. The molecule has 9 heteroatoms. The number of halogens is 1. The van der Waals surface area contributed by atoms with E-state index in [9.17, 15) is 22.4 Å². The van der Waals surface area contributed by atoms with E-state index in [1.165, 1.54) is 24.3 Å². The number of sulfonamides is 1. The van der Waals surface area contributed by atoms with Crippen molar-refractivity contribution in [2.45, 2.75) is 31.6 Å². The van der Waals surface area contributed by atoms with E-state index in [4.69, 9.17) is 0 Å². The molecule has 0 spiro atoms. The number of piperidine rings is 1. The van der Waals surface area contributed by atoms with Crippen LogP contribution in [-0.4, -0.2) is 44.8 Å². The van der Waals surface area contributed by atoms with Crippen LogP contribution >= 0.6 is 0 Å². The van der Waals surface area contributed by atoms with Crippen molar-refractivity contribution in [1.29, 1.82) is 0 Å². The van der Waals surface area contributed by atoms with E-state index in [2.05, 4.69) is 10.0 Å². The van der Waals surface area contributed by atoms with Crippen LogP contribution in [0.3, 0.4) is 0 Å². The molecular weight excluding hydrogens is 433 g/mol. The van der Waals surface area contributed by atoms with Gasteiger partial charge in [-0.25, -0.2) is 12.8 Å². The topological polar surface area (TPSA) is 95.6 Å². The normalized spacial score (nSPS) is 14.9. The summed E-state index contributed by atoms with van der Waals surface area (Å²) >= 11 is 0. The third kappa shape index (κ3) is 6.06. The summed E-state index contributed by atoms with van der Waals surface area (Å²) in [5.41, 5.74) is 0.740. The van der Waals surface area contributed by atoms with Gasteiger partial charge in [0, 0.05) is 36.8 Å². The van der Waals surface area contributed by atoms with Crippen molar-refractivity contribution in [3.63, 3.8) is 0 Å². The Morgan fingerprint density at radius 2 is 1.62 bits per heavy atom. The Labute approximate surface area is 188 Å². The summed E-state index contributed by atoms with van der Waals surface area (Å²) < 4.78 is 40.3. The van der Waals surface area contributed by atoms with Gasteiger partial charge in [-0.05, 0) is 67.3 Å². The minimum atomic E-state index is -3.86. The van der Waals surface area contributed by atoms with Gasteiger partial charge in [-0.15, -0.1) is 0 Å². The van der Waals surface area contributed by atoms with Gasteiger partial charge in [0.15, 0.2) is 0 Å². The summed E-state index contributed by atoms with van der Waals surface area (Å²) in [6.45, 7) is 5.73. The number of nitrogens with one attached hydrogen (secondary N) is 2. The van der Waals surface area contributed by atoms with Crippen LogP contribution in [0.2, 0.25) is 0 Å². The maximum absolute atomic E-state index is 13.0. The number of hydrogen-bond donors (Lipinski definition) is 2. The van der Waals surface area contributed by atoms with Crippen LogP contribution in [0.4, 0.5) is 10.1 Å². The highest BCUT2D eigenvalue weighted by Gasteiger charge is 2.27. The van der Waals surface area contributed by atoms with Crippen molar-refractivity contribution >= 4 is 27.5 Å². The SMILES string of the molecule is CC(C)CNC(=O)C1CCN(C(=O)c2ccc(NS(=O)(=O)c3ccc(F)cc3)cc2)CC1. The van der Waals surface area contributed by atoms with Crippen molar-refractivity contribution in [1.82, 2.24) is 10.2 Å². The number of anilines is 1. The van der Waals surface area contributed by atoms with Crippen LogP contribution in [0.1, 0.15) is 37.0 Å². The number of nitrogens with zero attached hydrogens (tertiary/aromatic N) is 1. The predicted octanol–water partition coefficient (Wildman–Crippen LogP) is 3.25. The lowest BCUT2D eigenvalue weighted by Crippen LogP contribution is -2.43. The van der Waals surface area contributed by atoms with Gasteiger partial charge in [-0.3, -0.25) is 14.3 Å². The number of likely N-dealkylation sites (tertiary alicyclic amines) is 1. The Morgan fingerprint density at radius 3 is 2.19 bits per heavy atom. The third-order valence-electron chi connectivity index (χ3n) is 5.35. The quantitative estimate of drug-likeness (QED) is 0.662. The predicted molar refractivity (Wildman–Crippen MR) is 120 cm³/mol. The molecule has 0 unspecified atom stereocenters. The van der Waals surface area contributed by atoms with Crippen LogP contribution in [0.25, 0.3) is 0 Å². The van der Waals surface area contributed by atoms with Gasteiger partial charge in [-0.1, -0.05) is 13.8 Å². The second-order valence-corrected chi connectivity index (χ2v) is 10.0. The average molecular weight is 462 g/mol. The third-order valence-corrected chi connectivity index (χ3v) is 6.74. The monoisotopic (exact) mass is 461 g/mol. The van der Waals surface area contributed by atoms with Crippen molar-refractivity contribution in [2.75, 3.05) is 24.4 Å². The zero-order chi connectivity index (χ0) is 23.3. The Bertz CT molecular complexity index is 1050. The van der Waals surface area contributed by atoms with Gasteiger partial charge in [0.25, 0.3) is 15.9 Å². The zero-order valence-electron chi connectivity index (χ0n) is 18.2. The molecule has 172 valence electrons. The minimum Gasteiger partial charge on any atom is -0.356 e. The van der Waals surface area contributed by atoms with Gasteiger partial charge < -0.3 is 10.2 Å². The van der Waals surface area contributed by atoms with Crippen LogP contribution in [0.15, 0.2) is 53.4 Å². The van der Waals surface area contributed by atoms with Crippen molar-refractivity contribution in [2.24, 2.45) is 11.8 Å². The Balaban J connectivity index is 1.56. The number of carbonyl (C=O) groups is 2. The summed E-state index contributed by atoms with van der Waals surface area (Å²) in [7, 11) is -3.86. The molecule has 0 aromatic heterocycles. The Hall–Kier alpha value is -2.94. The molecule has 1 aliphatic heterocycles. The maximum atomic E-state index is 13.0. The van der Waals surface area contributed by atoms with Gasteiger partial charge in [0.1, 0.15) is 5.82 Å². The molecule has 1 fully saturated rings. The second-order valence-electron chi connectivity index (χ2n) is 8.34. The molecular formula is C23H28FN3O4S. The van der Waals surface area contributed by atoms with E-state index < -0.39 is 15.8 Å². The highest BCUT2D eigenvalue weighted by Crippen LogP contribution is 2.21. The number of hydrogen-bond acceptors (Lipinski definition) is 4. The fraction of sp³-hybridized carbons (Fsp3) is 0.391. The molecule has 32 heavy (non-hydrogen) atoms. The molecule has 0 atom stereocenters. The number of carbonyl (C=O) groups excluding carboxylic acids is 2. The first-order valence-corrected chi connectivity index (χ1v) is 12.1. The standard InChI is InChI=1S/C23H28FN3O4S/c1-16(2)15-25-22(28)17-11-13-27(14-12-17)23(29)18-3-7-20(8-4-18)26-32(30,31)21-9-5-19(24)6-10-21/h3-10,16-17,26H,11-15H2,1-2H3,(H,25,28). The van der Waals surface area contributed by atoms with Crippen molar-refractivity contribution < 1.29 is 22.4 Å². The van der Waals surface area contributed by atoms with Gasteiger partial charge in [-0.2, -0.15) is 0 Å². The van der Waals surface area contributed by atoms with E-state index in [0.29, 0.717) is 49.6 Å². The Kier molecular flexibility index (Phi) is 7.50. The zero-order valence-corrected chi connectivity index (χ0v) is 19.0. The van der Waals surface area contributed by atoms with E-state index in [1.54, 1.807) is 17.0 Å². The smallest absolute Gasteiger partial charge is 0.261 e. The lowest BCUT2D eigenvalue weighted by molar-refractivity contribution is -0.126. The van der Waals surface area contributed by atoms with Crippen LogP contribution < -0.4 is 10.0 Å². The first-order chi connectivity index (χ1) is 15.2. The lowest BCUT2D eigenvalue weighted by Gasteiger charge is -2.31. The lowest BCUT2D eigenvalue weighted by atomic mass is 9.95. The van der Waals surface area contributed by atoms with Crippen LogP contribution in [0, 0.1) is 17.7 Å². The molecule has 3 rings (SSSR count). The molecule has 0 radical (unpaired) electrons. The van der Waals surface area contributed by atoms with Gasteiger partial charge in [0.05, 0.1) is 4.90 Å². The largest absolute Gasteiger partial charge is 0.356 e. The Morgan fingerprint density at radius 1 is 1.03 bits per heavy atom. The first kappa shape index (κ1) is 23.7. The molecule has 2 aromatic rings. The first-order valence-electron chi connectivity index (χ1n) is 10.6. The van der Waals surface area contributed by atoms with Crippen LogP contribution in [-0.2, 0) is 14.8 Å².